The molecule has 3 atom stereocenters. The van der Waals surface area contributed by atoms with Crippen molar-refractivity contribution >= 4 is 39.9 Å². The smallest absolute Gasteiger partial charge is 0.0648 e. The Bertz CT molecular complexity index is 394. The van der Waals surface area contributed by atoms with Crippen LogP contribution >= 0.6 is 34.2 Å². The molecule has 1 aromatic rings. The summed E-state index contributed by atoms with van der Waals surface area (Å²) in [6.45, 7) is 4.68. The Morgan fingerprint density at radius 2 is 2.06 bits per heavy atom. The summed E-state index contributed by atoms with van der Waals surface area (Å²) in [6.07, 6.45) is 3.93. The van der Waals surface area contributed by atoms with E-state index >= 15 is 0 Å². The van der Waals surface area contributed by atoms with Gasteiger partial charge < -0.3 is 5.32 Å². The number of hydrogen-bond donors (Lipinski definition) is 1. The first kappa shape index (κ1) is 13.5. The minimum absolute atomic E-state index is 0.566. The van der Waals surface area contributed by atoms with Crippen LogP contribution in [0.15, 0.2) is 18.2 Å². The zero-order valence-corrected chi connectivity index (χ0v) is 13.3. The molecule has 0 heterocycles. The van der Waals surface area contributed by atoms with E-state index in [1.54, 1.807) is 0 Å². The van der Waals surface area contributed by atoms with E-state index in [4.69, 9.17) is 11.6 Å². The molecule has 2 rings (SSSR count). The molecule has 1 nitrogen and oxygen atoms in total. The first-order valence-corrected chi connectivity index (χ1v) is 7.73. The third kappa shape index (κ3) is 3.50. The summed E-state index contributed by atoms with van der Waals surface area (Å²) in [5.41, 5.74) is 1.08. The minimum Gasteiger partial charge on any atom is -0.381 e. The van der Waals surface area contributed by atoms with Crippen molar-refractivity contribution in [2.75, 3.05) is 5.32 Å². The van der Waals surface area contributed by atoms with Crippen LogP contribution in [-0.2, 0) is 0 Å². The standard InChI is InChI=1S/C14H19ClIN/c1-9-3-4-10(2)14(7-9)17-13-6-5-11(16)8-12(13)15/h5-6,8-10,14,17H,3-4,7H2,1-2H3. The van der Waals surface area contributed by atoms with E-state index in [0.29, 0.717) is 6.04 Å². The van der Waals surface area contributed by atoms with Crippen LogP contribution in [0.1, 0.15) is 33.1 Å². The van der Waals surface area contributed by atoms with Gasteiger partial charge in [-0.05, 0) is 65.5 Å². The summed E-state index contributed by atoms with van der Waals surface area (Å²) in [6, 6.07) is 6.78. The Balaban J connectivity index is 2.08. The van der Waals surface area contributed by atoms with E-state index < -0.39 is 0 Å². The maximum absolute atomic E-state index is 6.27. The zero-order chi connectivity index (χ0) is 12.4. The van der Waals surface area contributed by atoms with E-state index in [1.807, 2.05) is 6.07 Å². The molecule has 0 spiro atoms. The molecule has 0 saturated heterocycles. The molecule has 94 valence electrons. The van der Waals surface area contributed by atoms with E-state index in [9.17, 15) is 0 Å². The average Bonchev–Trinajstić information content (AvgIpc) is 2.27. The fourth-order valence-corrected chi connectivity index (χ4v) is 3.45. The predicted octanol–water partition coefficient (Wildman–Crippen LogP) is 5.18. The van der Waals surface area contributed by atoms with Crippen LogP contribution in [0.4, 0.5) is 5.69 Å². The highest BCUT2D eigenvalue weighted by Crippen LogP contribution is 2.32. The van der Waals surface area contributed by atoms with E-state index in [2.05, 4.69) is 53.9 Å². The van der Waals surface area contributed by atoms with Gasteiger partial charge in [0.1, 0.15) is 0 Å². The van der Waals surface area contributed by atoms with Gasteiger partial charge in [-0.3, -0.25) is 0 Å². The summed E-state index contributed by atoms with van der Waals surface area (Å²) in [5.74, 6) is 1.56. The Hall–Kier alpha value is 0.0400. The molecule has 17 heavy (non-hydrogen) atoms. The van der Waals surface area contributed by atoms with Crippen LogP contribution in [-0.4, -0.2) is 6.04 Å². The van der Waals surface area contributed by atoms with Gasteiger partial charge in [-0.2, -0.15) is 0 Å². The van der Waals surface area contributed by atoms with Crippen LogP contribution in [0.2, 0.25) is 5.02 Å². The SMILES string of the molecule is CC1CCC(C)C(Nc2ccc(I)cc2Cl)C1. The highest BCUT2D eigenvalue weighted by Gasteiger charge is 2.25. The summed E-state index contributed by atoms with van der Waals surface area (Å²) in [4.78, 5) is 0. The van der Waals surface area contributed by atoms with Crippen molar-refractivity contribution in [3.63, 3.8) is 0 Å². The molecule has 1 saturated carbocycles. The van der Waals surface area contributed by atoms with Gasteiger partial charge in [-0.15, -0.1) is 0 Å². The van der Waals surface area contributed by atoms with Gasteiger partial charge in [0.25, 0.3) is 0 Å². The summed E-state index contributed by atoms with van der Waals surface area (Å²) in [7, 11) is 0. The van der Waals surface area contributed by atoms with Crippen molar-refractivity contribution in [2.45, 2.75) is 39.2 Å². The molecule has 0 radical (unpaired) electrons. The maximum Gasteiger partial charge on any atom is 0.0648 e. The molecule has 0 amide bonds. The van der Waals surface area contributed by atoms with Crippen LogP contribution in [0, 0.1) is 15.4 Å². The van der Waals surface area contributed by atoms with Gasteiger partial charge >= 0.3 is 0 Å². The minimum atomic E-state index is 0.566. The molecule has 0 aliphatic heterocycles. The summed E-state index contributed by atoms with van der Waals surface area (Å²) in [5, 5.41) is 4.46. The molecule has 1 aliphatic rings. The van der Waals surface area contributed by atoms with Gasteiger partial charge in [-0.25, -0.2) is 0 Å². The largest absolute Gasteiger partial charge is 0.381 e. The molecule has 0 bridgehead atoms. The molecular weight excluding hydrogens is 345 g/mol. The highest BCUT2D eigenvalue weighted by atomic mass is 127. The van der Waals surface area contributed by atoms with Crippen LogP contribution in [0.25, 0.3) is 0 Å². The molecule has 1 aliphatic carbocycles. The third-order valence-electron chi connectivity index (χ3n) is 3.73. The maximum atomic E-state index is 6.27. The van der Waals surface area contributed by atoms with Gasteiger partial charge in [0, 0.05) is 9.61 Å². The van der Waals surface area contributed by atoms with E-state index in [1.165, 1.54) is 22.8 Å². The Morgan fingerprint density at radius 3 is 2.76 bits per heavy atom. The van der Waals surface area contributed by atoms with Gasteiger partial charge in [-0.1, -0.05) is 31.9 Å². The quantitative estimate of drug-likeness (QED) is 0.714. The Morgan fingerprint density at radius 1 is 1.29 bits per heavy atom. The normalized spacial score (nSPS) is 29.1. The number of halogens is 2. The van der Waals surface area contributed by atoms with Crippen LogP contribution < -0.4 is 5.32 Å². The second-order valence-corrected chi connectivity index (χ2v) is 6.92. The van der Waals surface area contributed by atoms with E-state index in [0.717, 1.165) is 22.5 Å². The molecule has 0 aromatic heterocycles. The Kier molecular flexibility index (Phi) is 4.59. The zero-order valence-electron chi connectivity index (χ0n) is 10.3. The lowest BCUT2D eigenvalue weighted by molar-refractivity contribution is 0.281. The first-order valence-electron chi connectivity index (χ1n) is 6.28. The van der Waals surface area contributed by atoms with Gasteiger partial charge in [0.15, 0.2) is 0 Å². The van der Waals surface area contributed by atoms with Crippen molar-refractivity contribution < 1.29 is 0 Å². The van der Waals surface area contributed by atoms with E-state index in [-0.39, 0.29) is 0 Å². The van der Waals surface area contributed by atoms with Crippen molar-refractivity contribution in [2.24, 2.45) is 11.8 Å². The first-order chi connectivity index (χ1) is 8.06. The molecule has 1 fully saturated rings. The van der Waals surface area contributed by atoms with Crippen molar-refractivity contribution in [3.05, 3.63) is 26.8 Å². The molecule has 1 aromatic carbocycles. The Labute approximate surface area is 122 Å². The number of anilines is 1. The van der Waals surface area contributed by atoms with Crippen LogP contribution in [0.3, 0.4) is 0 Å². The third-order valence-corrected chi connectivity index (χ3v) is 4.71. The number of benzene rings is 1. The van der Waals surface area contributed by atoms with Crippen molar-refractivity contribution in [3.8, 4) is 0 Å². The van der Waals surface area contributed by atoms with Gasteiger partial charge in [0.2, 0.25) is 0 Å². The lowest BCUT2D eigenvalue weighted by atomic mass is 9.80. The lowest BCUT2D eigenvalue weighted by Crippen LogP contribution is -2.33. The van der Waals surface area contributed by atoms with Crippen molar-refractivity contribution in [1.82, 2.24) is 0 Å². The summed E-state index contributed by atoms with van der Waals surface area (Å²) < 4.78 is 1.18. The molecular formula is C14H19ClIN. The summed E-state index contributed by atoms with van der Waals surface area (Å²) >= 11 is 8.55. The topological polar surface area (TPSA) is 12.0 Å². The van der Waals surface area contributed by atoms with Crippen molar-refractivity contribution in [1.29, 1.82) is 0 Å². The lowest BCUT2D eigenvalue weighted by Gasteiger charge is -2.34. The average molecular weight is 364 g/mol. The second-order valence-electron chi connectivity index (χ2n) is 5.27. The highest BCUT2D eigenvalue weighted by molar-refractivity contribution is 14.1. The molecule has 1 N–H and O–H groups in total. The molecule has 3 heteroatoms. The fraction of sp³-hybridized carbons (Fsp3) is 0.571. The fourth-order valence-electron chi connectivity index (χ4n) is 2.54. The second kappa shape index (κ2) is 5.79. The number of rotatable bonds is 2. The molecule has 3 unspecified atom stereocenters. The predicted molar refractivity (Wildman–Crippen MR) is 83.8 cm³/mol. The van der Waals surface area contributed by atoms with Gasteiger partial charge in [0.05, 0.1) is 10.7 Å². The number of hydrogen-bond acceptors (Lipinski definition) is 1. The monoisotopic (exact) mass is 363 g/mol. The van der Waals surface area contributed by atoms with Crippen LogP contribution in [0.5, 0.6) is 0 Å². The number of nitrogens with one attached hydrogen (secondary N) is 1.